The zero-order chi connectivity index (χ0) is 10.2. The first-order chi connectivity index (χ1) is 6.83. The van der Waals surface area contributed by atoms with E-state index >= 15 is 0 Å². The minimum Gasteiger partial charge on any atom is -0.376 e. The number of benzene rings is 1. The minimum absolute atomic E-state index is 0.185. The van der Waals surface area contributed by atoms with Gasteiger partial charge in [0.25, 0.3) is 5.91 Å². The number of para-hydroxylation sites is 1. The maximum atomic E-state index is 11.1. The molecular weight excluding hydrogens is 180 g/mol. The molecule has 1 amide bonds. The van der Waals surface area contributed by atoms with Crippen molar-refractivity contribution in [2.24, 2.45) is 0 Å². The second-order valence-corrected chi connectivity index (χ2v) is 2.68. The fourth-order valence-corrected chi connectivity index (χ4v) is 0.927. The van der Waals surface area contributed by atoms with Gasteiger partial charge in [0.15, 0.2) is 0 Å². The molecule has 0 aliphatic rings. The van der Waals surface area contributed by atoms with E-state index in [0.29, 0.717) is 6.61 Å². The number of hydrogen-bond donors (Lipinski definition) is 2. The number of nitrogens with one attached hydrogen (secondary N) is 2. The van der Waals surface area contributed by atoms with Crippen LogP contribution in [0.1, 0.15) is 6.92 Å². The molecule has 1 rings (SSSR count). The maximum absolute atomic E-state index is 11.1. The Bertz CT molecular complexity index is 275. The SMILES string of the molecule is CCONC(=O)CNc1ccccc1. The maximum Gasteiger partial charge on any atom is 0.262 e. The molecule has 0 fully saturated rings. The molecule has 0 bridgehead atoms. The molecule has 2 N–H and O–H groups in total. The summed E-state index contributed by atoms with van der Waals surface area (Å²) in [6.07, 6.45) is 0. The van der Waals surface area contributed by atoms with E-state index in [4.69, 9.17) is 4.84 Å². The molecule has 0 radical (unpaired) electrons. The van der Waals surface area contributed by atoms with Crippen molar-refractivity contribution in [1.29, 1.82) is 0 Å². The molecule has 0 aliphatic heterocycles. The van der Waals surface area contributed by atoms with E-state index in [-0.39, 0.29) is 12.5 Å². The molecular formula is C10H14N2O2. The second kappa shape index (κ2) is 5.99. The first-order valence-electron chi connectivity index (χ1n) is 4.52. The van der Waals surface area contributed by atoms with Gasteiger partial charge in [-0.05, 0) is 19.1 Å². The summed E-state index contributed by atoms with van der Waals surface area (Å²) in [6.45, 7) is 2.49. The number of amides is 1. The van der Waals surface area contributed by atoms with Gasteiger partial charge >= 0.3 is 0 Å². The topological polar surface area (TPSA) is 50.4 Å². The zero-order valence-corrected chi connectivity index (χ0v) is 8.12. The fourth-order valence-electron chi connectivity index (χ4n) is 0.927. The van der Waals surface area contributed by atoms with Gasteiger partial charge in [-0.2, -0.15) is 0 Å². The Morgan fingerprint density at radius 1 is 1.36 bits per heavy atom. The number of hydroxylamine groups is 1. The van der Waals surface area contributed by atoms with Gasteiger partial charge in [-0.3, -0.25) is 9.63 Å². The highest BCUT2D eigenvalue weighted by Gasteiger charge is 1.98. The summed E-state index contributed by atoms with van der Waals surface area (Å²) in [5.74, 6) is -0.185. The zero-order valence-electron chi connectivity index (χ0n) is 8.12. The molecule has 0 atom stereocenters. The summed E-state index contributed by atoms with van der Waals surface area (Å²) in [4.78, 5) is 15.8. The van der Waals surface area contributed by atoms with Gasteiger partial charge in [0, 0.05) is 5.69 Å². The third-order valence-corrected chi connectivity index (χ3v) is 1.56. The van der Waals surface area contributed by atoms with Gasteiger partial charge in [-0.15, -0.1) is 0 Å². The van der Waals surface area contributed by atoms with E-state index in [2.05, 4.69) is 10.8 Å². The lowest BCUT2D eigenvalue weighted by Gasteiger charge is -2.06. The van der Waals surface area contributed by atoms with Crippen LogP contribution in [-0.2, 0) is 9.63 Å². The predicted molar refractivity (Wildman–Crippen MR) is 54.7 cm³/mol. The molecule has 0 saturated carbocycles. The van der Waals surface area contributed by atoms with Gasteiger partial charge in [0.05, 0.1) is 13.2 Å². The van der Waals surface area contributed by atoms with Crippen LogP contribution in [0.15, 0.2) is 30.3 Å². The first-order valence-corrected chi connectivity index (χ1v) is 4.52. The van der Waals surface area contributed by atoms with Crippen LogP contribution in [-0.4, -0.2) is 19.1 Å². The third kappa shape index (κ3) is 3.91. The summed E-state index contributed by atoms with van der Waals surface area (Å²) in [5, 5.41) is 2.96. The van der Waals surface area contributed by atoms with Gasteiger partial charge in [-0.1, -0.05) is 18.2 Å². The van der Waals surface area contributed by atoms with E-state index in [1.54, 1.807) is 0 Å². The molecule has 14 heavy (non-hydrogen) atoms. The van der Waals surface area contributed by atoms with E-state index in [9.17, 15) is 4.79 Å². The standard InChI is InChI=1S/C10H14N2O2/c1-2-14-12-10(13)8-11-9-6-4-3-5-7-9/h3-7,11H,2,8H2,1H3,(H,12,13). The number of hydrogen-bond acceptors (Lipinski definition) is 3. The monoisotopic (exact) mass is 194 g/mol. The minimum atomic E-state index is -0.185. The summed E-state index contributed by atoms with van der Waals surface area (Å²) in [7, 11) is 0. The van der Waals surface area contributed by atoms with E-state index < -0.39 is 0 Å². The number of anilines is 1. The third-order valence-electron chi connectivity index (χ3n) is 1.56. The Kier molecular flexibility index (Phi) is 4.50. The lowest BCUT2D eigenvalue weighted by Crippen LogP contribution is -2.29. The molecule has 0 spiro atoms. The second-order valence-electron chi connectivity index (χ2n) is 2.68. The molecule has 0 unspecified atom stereocenters. The van der Waals surface area contributed by atoms with Crippen LogP contribution in [0, 0.1) is 0 Å². The molecule has 1 aromatic rings. The Balaban J connectivity index is 2.24. The Morgan fingerprint density at radius 3 is 2.71 bits per heavy atom. The average Bonchev–Trinajstić information content (AvgIpc) is 2.25. The Hall–Kier alpha value is -1.55. The molecule has 4 heteroatoms. The number of carbonyl (C=O) groups is 1. The van der Waals surface area contributed by atoms with Crippen molar-refractivity contribution in [3.05, 3.63) is 30.3 Å². The fraction of sp³-hybridized carbons (Fsp3) is 0.300. The molecule has 1 aromatic carbocycles. The molecule has 76 valence electrons. The predicted octanol–water partition coefficient (Wildman–Crippen LogP) is 1.17. The smallest absolute Gasteiger partial charge is 0.262 e. The van der Waals surface area contributed by atoms with E-state index in [1.807, 2.05) is 37.3 Å². The molecule has 0 aliphatic carbocycles. The first kappa shape index (κ1) is 10.5. The normalized spacial score (nSPS) is 9.50. The highest BCUT2D eigenvalue weighted by Crippen LogP contribution is 2.03. The van der Waals surface area contributed by atoms with Gasteiger partial charge in [0.1, 0.15) is 0 Å². The molecule has 0 aromatic heterocycles. The van der Waals surface area contributed by atoms with Crippen molar-refractivity contribution in [3.63, 3.8) is 0 Å². The van der Waals surface area contributed by atoms with Crippen LogP contribution in [0.4, 0.5) is 5.69 Å². The van der Waals surface area contributed by atoms with Crippen LogP contribution in [0.3, 0.4) is 0 Å². The van der Waals surface area contributed by atoms with Crippen molar-refractivity contribution in [1.82, 2.24) is 5.48 Å². The van der Waals surface area contributed by atoms with E-state index in [0.717, 1.165) is 5.69 Å². The summed E-state index contributed by atoms with van der Waals surface area (Å²) < 4.78 is 0. The molecule has 4 nitrogen and oxygen atoms in total. The van der Waals surface area contributed by atoms with Crippen LogP contribution in [0.2, 0.25) is 0 Å². The van der Waals surface area contributed by atoms with Crippen molar-refractivity contribution in [2.45, 2.75) is 6.92 Å². The van der Waals surface area contributed by atoms with Crippen LogP contribution in [0.5, 0.6) is 0 Å². The largest absolute Gasteiger partial charge is 0.376 e. The Labute approximate surface area is 83.2 Å². The average molecular weight is 194 g/mol. The van der Waals surface area contributed by atoms with Gasteiger partial charge in [0.2, 0.25) is 0 Å². The van der Waals surface area contributed by atoms with Crippen LogP contribution in [0.25, 0.3) is 0 Å². The highest BCUT2D eigenvalue weighted by atomic mass is 16.6. The summed E-state index contributed by atoms with van der Waals surface area (Å²) in [5.41, 5.74) is 3.22. The Morgan fingerprint density at radius 2 is 2.07 bits per heavy atom. The summed E-state index contributed by atoms with van der Waals surface area (Å²) in [6, 6.07) is 9.53. The van der Waals surface area contributed by atoms with Gasteiger partial charge < -0.3 is 5.32 Å². The van der Waals surface area contributed by atoms with E-state index in [1.165, 1.54) is 0 Å². The van der Waals surface area contributed by atoms with Crippen molar-refractivity contribution < 1.29 is 9.63 Å². The summed E-state index contributed by atoms with van der Waals surface area (Å²) >= 11 is 0. The lowest BCUT2D eigenvalue weighted by atomic mass is 10.3. The van der Waals surface area contributed by atoms with Crippen molar-refractivity contribution in [3.8, 4) is 0 Å². The molecule has 0 heterocycles. The van der Waals surface area contributed by atoms with Crippen LogP contribution >= 0.6 is 0 Å². The van der Waals surface area contributed by atoms with Crippen LogP contribution < -0.4 is 10.8 Å². The lowest BCUT2D eigenvalue weighted by molar-refractivity contribution is -0.131. The van der Waals surface area contributed by atoms with Gasteiger partial charge in [-0.25, -0.2) is 5.48 Å². The molecule has 0 saturated heterocycles. The number of carbonyl (C=O) groups excluding carboxylic acids is 1. The van der Waals surface area contributed by atoms with Crippen molar-refractivity contribution >= 4 is 11.6 Å². The highest BCUT2D eigenvalue weighted by molar-refractivity contribution is 5.79. The quantitative estimate of drug-likeness (QED) is 0.692. The number of rotatable bonds is 5. The van der Waals surface area contributed by atoms with Crippen molar-refractivity contribution in [2.75, 3.05) is 18.5 Å².